The van der Waals surface area contributed by atoms with Gasteiger partial charge in [0.2, 0.25) is 0 Å². The number of benzene rings is 2. The summed E-state index contributed by atoms with van der Waals surface area (Å²) in [5.74, 6) is -0.367. The Kier molecular flexibility index (Phi) is 5.71. The van der Waals surface area contributed by atoms with Gasteiger partial charge in [0.25, 0.3) is 5.91 Å². The van der Waals surface area contributed by atoms with Crippen molar-refractivity contribution in [1.82, 2.24) is 21.1 Å². The van der Waals surface area contributed by atoms with Crippen molar-refractivity contribution in [3.05, 3.63) is 71.8 Å². The summed E-state index contributed by atoms with van der Waals surface area (Å²) in [6, 6.07) is 18.7. The number of rotatable bonds is 6. The minimum Gasteiger partial charge on any atom is -0.361 e. The third kappa shape index (κ3) is 3.93. The molecule has 1 heterocycles. The summed E-state index contributed by atoms with van der Waals surface area (Å²) in [5.41, 5.74) is 3.56. The van der Waals surface area contributed by atoms with Gasteiger partial charge in [0.05, 0.1) is 0 Å². The van der Waals surface area contributed by atoms with Gasteiger partial charge >= 0.3 is 6.03 Å². The Morgan fingerprint density at radius 2 is 1.70 bits per heavy atom. The Morgan fingerprint density at radius 1 is 1.07 bits per heavy atom. The lowest BCUT2D eigenvalue weighted by atomic mass is 9.87. The molecule has 0 bridgehead atoms. The highest BCUT2D eigenvalue weighted by Gasteiger charge is 2.51. The number of carbonyl (C=O) groups is 2. The van der Waals surface area contributed by atoms with Crippen LogP contribution in [0.2, 0.25) is 0 Å². The van der Waals surface area contributed by atoms with Crippen molar-refractivity contribution in [2.24, 2.45) is 0 Å². The van der Waals surface area contributed by atoms with Crippen LogP contribution < -0.4 is 16.1 Å². The van der Waals surface area contributed by atoms with Gasteiger partial charge in [0.15, 0.2) is 5.11 Å². The molecule has 0 unspecified atom stereocenters. The standard InChI is InChI=1S/C20H22N4O2S/c1-2-20(16-11-7-4-8-12-16)17(25)24(19(26)22-20)23-18(27)21-14-13-15-9-5-3-6-10-15/h3-12H,2,13-14H2,1H3,(H,22,26)(H2,21,23,27)/t20-/m1/s1. The van der Waals surface area contributed by atoms with Crippen molar-refractivity contribution in [1.29, 1.82) is 0 Å². The molecule has 1 fully saturated rings. The molecule has 27 heavy (non-hydrogen) atoms. The summed E-state index contributed by atoms with van der Waals surface area (Å²) in [4.78, 5) is 25.4. The van der Waals surface area contributed by atoms with E-state index in [0.29, 0.717) is 13.0 Å². The molecule has 1 saturated heterocycles. The Morgan fingerprint density at radius 3 is 2.33 bits per heavy atom. The smallest absolute Gasteiger partial charge is 0.344 e. The average Bonchev–Trinajstić information content (AvgIpc) is 2.94. The Balaban J connectivity index is 1.62. The molecule has 6 nitrogen and oxygen atoms in total. The van der Waals surface area contributed by atoms with Crippen molar-refractivity contribution >= 4 is 29.3 Å². The zero-order chi connectivity index (χ0) is 19.3. The first kappa shape index (κ1) is 18.8. The molecule has 0 aliphatic carbocycles. The van der Waals surface area contributed by atoms with Gasteiger partial charge in [0.1, 0.15) is 5.54 Å². The first-order chi connectivity index (χ1) is 13.1. The molecule has 2 aromatic carbocycles. The fourth-order valence-electron chi connectivity index (χ4n) is 3.14. The Labute approximate surface area is 163 Å². The van der Waals surface area contributed by atoms with Gasteiger partial charge in [0, 0.05) is 6.54 Å². The van der Waals surface area contributed by atoms with Crippen LogP contribution in [0.1, 0.15) is 24.5 Å². The number of hydrogen-bond donors (Lipinski definition) is 3. The third-order valence-corrected chi connectivity index (χ3v) is 4.88. The molecule has 2 aromatic rings. The monoisotopic (exact) mass is 382 g/mol. The minimum atomic E-state index is -1.08. The van der Waals surface area contributed by atoms with Crippen LogP contribution in [-0.2, 0) is 16.8 Å². The highest BCUT2D eigenvalue weighted by molar-refractivity contribution is 7.80. The molecule has 3 rings (SSSR count). The summed E-state index contributed by atoms with van der Waals surface area (Å²) in [6.07, 6.45) is 1.22. The second-order valence-electron chi connectivity index (χ2n) is 6.30. The van der Waals surface area contributed by atoms with Crippen LogP contribution in [0.25, 0.3) is 0 Å². The summed E-state index contributed by atoms with van der Waals surface area (Å²) >= 11 is 5.24. The number of carbonyl (C=O) groups excluding carboxylic acids is 2. The van der Waals surface area contributed by atoms with Gasteiger partial charge in [-0.25, -0.2) is 4.79 Å². The van der Waals surface area contributed by atoms with Gasteiger partial charge < -0.3 is 10.6 Å². The van der Waals surface area contributed by atoms with Gasteiger partial charge in [-0.15, -0.1) is 0 Å². The number of nitrogens with zero attached hydrogens (tertiary/aromatic N) is 1. The molecule has 0 aromatic heterocycles. The maximum atomic E-state index is 13.0. The largest absolute Gasteiger partial charge is 0.361 e. The number of urea groups is 1. The molecular formula is C20H22N4O2S. The van der Waals surface area contributed by atoms with Crippen LogP contribution in [-0.4, -0.2) is 28.6 Å². The van der Waals surface area contributed by atoms with E-state index in [-0.39, 0.29) is 11.0 Å². The minimum absolute atomic E-state index is 0.231. The summed E-state index contributed by atoms with van der Waals surface area (Å²) in [6.45, 7) is 2.46. The first-order valence-electron chi connectivity index (χ1n) is 8.87. The molecule has 140 valence electrons. The lowest BCUT2D eigenvalue weighted by molar-refractivity contribution is -0.133. The maximum Gasteiger partial charge on any atom is 0.344 e. The van der Waals surface area contributed by atoms with E-state index in [4.69, 9.17) is 12.2 Å². The van der Waals surface area contributed by atoms with Crippen molar-refractivity contribution in [3.8, 4) is 0 Å². The van der Waals surface area contributed by atoms with E-state index in [9.17, 15) is 9.59 Å². The lowest BCUT2D eigenvalue weighted by Gasteiger charge is -2.25. The van der Waals surface area contributed by atoms with E-state index in [2.05, 4.69) is 16.1 Å². The van der Waals surface area contributed by atoms with Crippen LogP contribution in [0.15, 0.2) is 60.7 Å². The predicted octanol–water partition coefficient (Wildman–Crippen LogP) is 2.47. The van der Waals surface area contributed by atoms with E-state index >= 15 is 0 Å². The SMILES string of the molecule is CC[C@]1(c2ccccc2)NC(=O)N(NC(=S)NCCc2ccccc2)C1=O. The van der Waals surface area contributed by atoms with Crippen LogP contribution in [0.3, 0.4) is 0 Å². The second kappa shape index (κ2) is 8.18. The number of hydrazine groups is 1. The van der Waals surface area contributed by atoms with Gasteiger partial charge in [-0.2, -0.15) is 5.01 Å². The molecule has 1 atom stereocenters. The van der Waals surface area contributed by atoms with Crippen molar-refractivity contribution in [2.75, 3.05) is 6.54 Å². The molecule has 0 radical (unpaired) electrons. The number of amides is 3. The molecule has 0 spiro atoms. The molecule has 1 aliphatic rings. The molecule has 7 heteroatoms. The maximum absolute atomic E-state index is 13.0. The Bertz CT molecular complexity index is 828. The average molecular weight is 382 g/mol. The van der Waals surface area contributed by atoms with Gasteiger partial charge in [-0.1, -0.05) is 67.6 Å². The zero-order valence-corrected chi connectivity index (χ0v) is 15.9. The number of nitrogens with one attached hydrogen (secondary N) is 3. The fourth-order valence-corrected chi connectivity index (χ4v) is 3.34. The predicted molar refractivity (Wildman–Crippen MR) is 108 cm³/mol. The summed E-state index contributed by atoms with van der Waals surface area (Å²) in [5, 5.41) is 7.02. The van der Waals surface area contributed by atoms with E-state index in [1.165, 1.54) is 5.56 Å². The summed E-state index contributed by atoms with van der Waals surface area (Å²) in [7, 11) is 0. The molecule has 0 saturated carbocycles. The van der Waals surface area contributed by atoms with E-state index in [0.717, 1.165) is 17.0 Å². The van der Waals surface area contributed by atoms with Crippen LogP contribution in [0.5, 0.6) is 0 Å². The second-order valence-corrected chi connectivity index (χ2v) is 6.71. The fraction of sp³-hybridized carbons (Fsp3) is 0.250. The van der Waals surface area contributed by atoms with E-state index in [1.54, 1.807) is 0 Å². The summed E-state index contributed by atoms with van der Waals surface area (Å²) < 4.78 is 0. The zero-order valence-electron chi connectivity index (χ0n) is 15.1. The molecule has 3 N–H and O–H groups in total. The van der Waals surface area contributed by atoms with Crippen LogP contribution >= 0.6 is 12.2 Å². The number of imide groups is 1. The van der Waals surface area contributed by atoms with Crippen molar-refractivity contribution in [2.45, 2.75) is 25.3 Å². The van der Waals surface area contributed by atoms with Crippen LogP contribution in [0, 0.1) is 0 Å². The normalized spacial score (nSPS) is 18.9. The molecule has 1 aliphatic heterocycles. The quantitative estimate of drug-likeness (QED) is 0.529. The third-order valence-electron chi connectivity index (χ3n) is 4.64. The topological polar surface area (TPSA) is 73.5 Å². The van der Waals surface area contributed by atoms with Crippen molar-refractivity contribution in [3.63, 3.8) is 0 Å². The Hall–Kier alpha value is -2.93. The van der Waals surface area contributed by atoms with E-state index < -0.39 is 11.6 Å². The lowest BCUT2D eigenvalue weighted by Crippen LogP contribution is -2.51. The number of thiocarbonyl (C=S) groups is 1. The van der Waals surface area contributed by atoms with E-state index in [1.807, 2.05) is 67.6 Å². The highest BCUT2D eigenvalue weighted by atomic mass is 32.1. The molecule has 3 amide bonds. The first-order valence-corrected chi connectivity index (χ1v) is 9.28. The van der Waals surface area contributed by atoms with Crippen molar-refractivity contribution < 1.29 is 9.59 Å². The number of hydrogen-bond acceptors (Lipinski definition) is 3. The van der Waals surface area contributed by atoms with Gasteiger partial charge in [-0.05, 0) is 36.2 Å². The highest BCUT2D eigenvalue weighted by Crippen LogP contribution is 2.31. The van der Waals surface area contributed by atoms with Gasteiger partial charge in [-0.3, -0.25) is 10.2 Å². The van der Waals surface area contributed by atoms with Crippen LogP contribution in [0.4, 0.5) is 4.79 Å². The molecular weight excluding hydrogens is 360 g/mol.